The van der Waals surface area contributed by atoms with Gasteiger partial charge in [0.15, 0.2) is 11.6 Å². The van der Waals surface area contributed by atoms with E-state index in [2.05, 4.69) is 0 Å². The molecule has 4 atom stereocenters. The number of hydrogen-bond acceptors (Lipinski definition) is 6. The van der Waals surface area contributed by atoms with E-state index in [4.69, 9.17) is 14.2 Å². The monoisotopic (exact) mass is 284 g/mol. The molecule has 6 nitrogen and oxygen atoms in total. The molecule has 3 aliphatic rings. The van der Waals surface area contributed by atoms with Gasteiger partial charge in [0, 0.05) is 12.8 Å². The van der Waals surface area contributed by atoms with Crippen LogP contribution < -0.4 is 0 Å². The van der Waals surface area contributed by atoms with E-state index in [0.717, 1.165) is 0 Å². The molecule has 20 heavy (non-hydrogen) atoms. The predicted molar refractivity (Wildman–Crippen MR) is 66.6 cm³/mol. The van der Waals surface area contributed by atoms with Crippen LogP contribution in [0.5, 0.6) is 0 Å². The van der Waals surface area contributed by atoms with Gasteiger partial charge < -0.3 is 19.3 Å². The van der Waals surface area contributed by atoms with Gasteiger partial charge in [0.1, 0.15) is 5.41 Å². The summed E-state index contributed by atoms with van der Waals surface area (Å²) < 4.78 is 16.2. The Bertz CT molecular complexity index is 441. The second-order valence-electron chi connectivity index (χ2n) is 6.20. The lowest BCUT2D eigenvalue weighted by molar-refractivity contribution is -0.235. The van der Waals surface area contributed by atoms with Gasteiger partial charge in [-0.3, -0.25) is 9.59 Å². The highest BCUT2D eigenvalue weighted by atomic mass is 16.7. The molecule has 112 valence electrons. The zero-order chi connectivity index (χ0) is 14.5. The zero-order valence-corrected chi connectivity index (χ0v) is 11.8. The van der Waals surface area contributed by atoms with E-state index in [-0.39, 0.29) is 24.5 Å². The molecule has 0 aromatic heterocycles. The number of carbonyl (C=O) groups excluding carboxylic acids is 2. The molecule has 1 saturated heterocycles. The molecular formula is C14H20O6. The highest BCUT2D eigenvalue weighted by Gasteiger charge is 2.65. The summed E-state index contributed by atoms with van der Waals surface area (Å²) in [6.07, 6.45) is 0.0324. The Kier molecular flexibility index (Phi) is 3.15. The highest BCUT2D eigenvalue weighted by Crippen LogP contribution is 2.54. The van der Waals surface area contributed by atoms with Crippen molar-refractivity contribution in [3.63, 3.8) is 0 Å². The van der Waals surface area contributed by atoms with Crippen LogP contribution in [0, 0.1) is 17.3 Å². The Hall–Kier alpha value is -0.980. The minimum atomic E-state index is -1.24. The van der Waals surface area contributed by atoms with Crippen LogP contribution in [-0.4, -0.2) is 49.1 Å². The highest BCUT2D eigenvalue weighted by molar-refractivity contribution is 6.06. The second-order valence-corrected chi connectivity index (χ2v) is 6.20. The van der Waals surface area contributed by atoms with Crippen LogP contribution in [0.15, 0.2) is 0 Å². The van der Waals surface area contributed by atoms with Crippen molar-refractivity contribution in [2.75, 3.05) is 20.3 Å². The summed E-state index contributed by atoms with van der Waals surface area (Å²) in [6, 6.07) is 0. The van der Waals surface area contributed by atoms with Crippen molar-refractivity contribution in [3.05, 3.63) is 0 Å². The molecule has 0 radical (unpaired) electrons. The third-order valence-electron chi connectivity index (χ3n) is 4.97. The molecule has 0 aromatic carbocycles. The van der Waals surface area contributed by atoms with Crippen LogP contribution in [0.4, 0.5) is 0 Å². The predicted octanol–water partition coefficient (Wildman–Crippen LogP) is 0.269. The number of aliphatic hydroxyl groups is 1. The number of rotatable bonds is 1. The van der Waals surface area contributed by atoms with Crippen LogP contribution in [0.3, 0.4) is 0 Å². The molecule has 1 aliphatic heterocycles. The molecule has 6 heteroatoms. The van der Waals surface area contributed by atoms with Crippen LogP contribution >= 0.6 is 0 Å². The van der Waals surface area contributed by atoms with Gasteiger partial charge in [-0.15, -0.1) is 0 Å². The van der Waals surface area contributed by atoms with E-state index in [9.17, 15) is 14.7 Å². The number of Topliss-reactive ketones (excluding diaryl/α,β-unsaturated/α-hetero) is 1. The smallest absolute Gasteiger partial charge is 0.319 e. The summed E-state index contributed by atoms with van der Waals surface area (Å²) in [7, 11) is 1.28. The van der Waals surface area contributed by atoms with Crippen molar-refractivity contribution in [3.8, 4) is 0 Å². The zero-order valence-electron chi connectivity index (χ0n) is 11.8. The van der Waals surface area contributed by atoms with Gasteiger partial charge in [-0.1, -0.05) is 6.92 Å². The summed E-state index contributed by atoms with van der Waals surface area (Å²) in [5, 5.41) is 10.3. The molecule has 0 unspecified atom stereocenters. The first-order valence-electron chi connectivity index (χ1n) is 7.03. The number of fused-ring (bicyclic) bond motifs is 2. The number of esters is 1. The number of carbonyl (C=O) groups is 2. The standard InChI is InChI=1S/C14H20O6/c1-8-5-13(12(17)18-2)7-14(19-3-4-20-14)6-9(10(8)15)11(13)16/h8-10,15H,3-7H2,1-2H3/t8-,9-,10+,13+/m0/s1. The Balaban J connectivity index is 2.03. The average Bonchev–Trinajstić information content (AvgIpc) is 2.87. The van der Waals surface area contributed by atoms with E-state index in [1.54, 1.807) is 0 Å². The molecule has 3 rings (SSSR count). The van der Waals surface area contributed by atoms with Crippen molar-refractivity contribution in [2.24, 2.45) is 17.3 Å². The molecular weight excluding hydrogens is 264 g/mol. The lowest BCUT2D eigenvalue weighted by Crippen LogP contribution is -2.63. The van der Waals surface area contributed by atoms with Crippen LogP contribution in [-0.2, 0) is 23.8 Å². The molecule has 1 spiro atoms. The molecule has 0 amide bonds. The van der Waals surface area contributed by atoms with Gasteiger partial charge in [-0.05, 0) is 12.3 Å². The van der Waals surface area contributed by atoms with Gasteiger partial charge in [0.05, 0.1) is 32.3 Å². The van der Waals surface area contributed by atoms with Crippen molar-refractivity contribution < 1.29 is 28.9 Å². The first-order chi connectivity index (χ1) is 9.44. The van der Waals surface area contributed by atoms with E-state index in [1.807, 2.05) is 6.92 Å². The maximum atomic E-state index is 12.7. The van der Waals surface area contributed by atoms with Crippen molar-refractivity contribution in [2.45, 2.75) is 38.1 Å². The Morgan fingerprint density at radius 2 is 2.00 bits per heavy atom. The summed E-state index contributed by atoms with van der Waals surface area (Å²) in [6.45, 7) is 2.75. The largest absolute Gasteiger partial charge is 0.468 e. The van der Waals surface area contributed by atoms with E-state index < -0.39 is 29.2 Å². The first-order valence-corrected chi connectivity index (χ1v) is 7.03. The van der Waals surface area contributed by atoms with Crippen molar-refractivity contribution >= 4 is 11.8 Å². The van der Waals surface area contributed by atoms with Crippen LogP contribution in [0.25, 0.3) is 0 Å². The van der Waals surface area contributed by atoms with Crippen LogP contribution in [0.1, 0.15) is 26.2 Å². The SMILES string of the molecule is COC(=O)[C@]12C[C@H](C)[C@@H](O)[C@H](CC3(C1)OCCO3)C2=O. The fourth-order valence-electron chi connectivity index (χ4n) is 4.09. The fourth-order valence-corrected chi connectivity index (χ4v) is 4.09. The van der Waals surface area contributed by atoms with E-state index in [1.165, 1.54) is 7.11 Å². The summed E-state index contributed by atoms with van der Waals surface area (Å²) >= 11 is 0. The third kappa shape index (κ3) is 1.75. The number of aliphatic hydroxyl groups excluding tert-OH is 1. The first kappa shape index (κ1) is 14.0. The molecule has 3 fully saturated rings. The molecule has 2 bridgehead atoms. The third-order valence-corrected chi connectivity index (χ3v) is 4.97. The van der Waals surface area contributed by atoms with Crippen molar-refractivity contribution in [1.82, 2.24) is 0 Å². The molecule has 1 N–H and O–H groups in total. The number of ketones is 1. The normalized spacial score (nSPS) is 42.8. The Labute approximate surface area is 117 Å². The molecule has 2 saturated carbocycles. The van der Waals surface area contributed by atoms with Crippen molar-refractivity contribution in [1.29, 1.82) is 0 Å². The fraction of sp³-hybridized carbons (Fsp3) is 0.857. The maximum absolute atomic E-state index is 12.7. The summed E-state index contributed by atoms with van der Waals surface area (Å²) in [5.41, 5.74) is -1.24. The van der Waals surface area contributed by atoms with Gasteiger partial charge >= 0.3 is 5.97 Å². The van der Waals surface area contributed by atoms with Gasteiger partial charge in [-0.25, -0.2) is 0 Å². The molecule has 0 aromatic rings. The minimum Gasteiger partial charge on any atom is -0.468 e. The number of ether oxygens (including phenoxy) is 3. The van der Waals surface area contributed by atoms with E-state index in [0.29, 0.717) is 19.6 Å². The summed E-state index contributed by atoms with van der Waals surface area (Å²) in [4.78, 5) is 24.9. The average molecular weight is 284 g/mol. The lowest BCUT2D eigenvalue weighted by Gasteiger charge is -2.51. The van der Waals surface area contributed by atoms with Crippen LogP contribution in [0.2, 0.25) is 0 Å². The topological polar surface area (TPSA) is 82.1 Å². The Morgan fingerprint density at radius 1 is 1.35 bits per heavy atom. The van der Waals surface area contributed by atoms with Gasteiger partial charge in [-0.2, -0.15) is 0 Å². The van der Waals surface area contributed by atoms with Gasteiger partial charge in [0.25, 0.3) is 0 Å². The minimum absolute atomic E-state index is 0.129. The van der Waals surface area contributed by atoms with Gasteiger partial charge in [0.2, 0.25) is 0 Å². The quantitative estimate of drug-likeness (QED) is 0.550. The number of hydrogen-bond donors (Lipinski definition) is 1. The lowest BCUT2D eigenvalue weighted by atomic mass is 9.55. The van der Waals surface area contributed by atoms with E-state index >= 15 is 0 Å². The summed E-state index contributed by atoms with van der Waals surface area (Å²) in [5.74, 6) is -2.43. The molecule has 1 heterocycles. The second kappa shape index (κ2) is 4.51. The Morgan fingerprint density at radius 3 is 2.60 bits per heavy atom. The number of methoxy groups -OCH3 is 1. The maximum Gasteiger partial charge on any atom is 0.319 e. The molecule has 2 aliphatic carbocycles.